The van der Waals surface area contributed by atoms with Gasteiger partial charge in [-0.05, 0) is 54.3 Å². The number of piperidine rings is 1. The van der Waals surface area contributed by atoms with Crippen molar-refractivity contribution in [2.24, 2.45) is 5.41 Å². The Labute approximate surface area is 176 Å². The first-order valence-electron chi connectivity index (χ1n) is 10.5. The maximum Gasteiger partial charge on any atom is 0.229 e. The summed E-state index contributed by atoms with van der Waals surface area (Å²) in [5.41, 5.74) is 2.29. The van der Waals surface area contributed by atoms with Crippen molar-refractivity contribution in [2.75, 3.05) is 26.2 Å². The minimum absolute atomic E-state index is 0.00750. The molecule has 2 aliphatic heterocycles. The first-order chi connectivity index (χ1) is 13.9. The quantitative estimate of drug-likeness (QED) is 0.524. The van der Waals surface area contributed by atoms with Gasteiger partial charge in [-0.1, -0.05) is 19.9 Å². The van der Waals surface area contributed by atoms with Crippen molar-refractivity contribution in [2.45, 2.75) is 46.0 Å². The van der Waals surface area contributed by atoms with Crippen LogP contribution >= 0.6 is 11.3 Å². The van der Waals surface area contributed by atoms with Crippen molar-refractivity contribution >= 4 is 38.8 Å². The van der Waals surface area contributed by atoms with Crippen LogP contribution < -0.4 is 0 Å². The molecular weight excluding hydrogens is 382 g/mol. The van der Waals surface area contributed by atoms with E-state index in [0.717, 1.165) is 44.6 Å². The Morgan fingerprint density at radius 1 is 1.10 bits per heavy atom. The molecule has 0 aliphatic carbocycles. The highest BCUT2D eigenvalue weighted by molar-refractivity contribution is 7.17. The number of hydrogen-bond acceptors (Lipinski definition) is 5. The van der Waals surface area contributed by atoms with Gasteiger partial charge >= 0.3 is 0 Å². The second-order valence-corrected chi connectivity index (χ2v) is 9.88. The number of fused-ring (bicyclic) bond motifs is 1. The second-order valence-electron chi connectivity index (χ2n) is 8.94. The smallest absolute Gasteiger partial charge is 0.229 e. The van der Waals surface area contributed by atoms with Gasteiger partial charge in [0.15, 0.2) is 0 Å². The zero-order chi connectivity index (χ0) is 20.4. The highest BCUT2D eigenvalue weighted by Gasteiger charge is 2.36. The van der Waals surface area contributed by atoms with E-state index >= 15 is 0 Å². The summed E-state index contributed by atoms with van der Waals surface area (Å²) in [5.74, 6) is -0.0150. The Hall–Kier alpha value is -2.05. The maximum absolute atomic E-state index is 12.2. The molecule has 1 saturated heterocycles. The van der Waals surface area contributed by atoms with Gasteiger partial charge in [-0.15, -0.1) is 11.3 Å². The summed E-state index contributed by atoms with van der Waals surface area (Å²) in [4.78, 5) is 33.0. The normalized spacial score (nSPS) is 20.3. The molecular formula is C23H29N3O2S. The summed E-state index contributed by atoms with van der Waals surface area (Å²) in [6.45, 7) is 7.52. The lowest BCUT2D eigenvalue weighted by molar-refractivity contribution is -0.152. The average molecular weight is 412 g/mol. The number of rotatable bonds is 6. The lowest BCUT2D eigenvalue weighted by atomic mass is 9.82. The van der Waals surface area contributed by atoms with Gasteiger partial charge in [-0.2, -0.15) is 0 Å². The number of hydrogen-bond donors (Lipinski definition) is 0. The van der Waals surface area contributed by atoms with Gasteiger partial charge in [0, 0.05) is 48.8 Å². The van der Waals surface area contributed by atoms with Crippen LogP contribution in [0.5, 0.6) is 0 Å². The van der Waals surface area contributed by atoms with Crippen molar-refractivity contribution in [3.63, 3.8) is 0 Å². The standard InChI is InChI=1S/C23H29N3O2S/c1-23(2)15-20(27)26(21(28)16-23)11-4-3-10-25-12-6-17(7-13-25)22-18-8-14-29-19(18)5-9-24-22/h5-6,8-9,14H,3-4,7,10-13,15-16H2,1-2H3. The van der Waals surface area contributed by atoms with Crippen molar-refractivity contribution in [3.05, 3.63) is 35.5 Å². The number of carbonyl (C=O) groups excluding carboxylic acids is 2. The van der Waals surface area contributed by atoms with Crippen LogP contribution in [-0.2, 0) is 9.59 Å². The first kappa shape index (κ1) is 20.2. The van der Waals surface area contributed by atoms with Crippen molar-refractivity contribution < 1.29 is 9.59 Å². The molecule has 2 aromatic rings. The number of aromatic nitrogens is 1. The fourth-order valence-corrected chi connectivity index (χ4v) is 5.13. The Morgan fingerprint density at radius 3 is 2.59 bits per heavy atom. The number of nitrogens with zero attached hydrogens (tertiary/aromatic N) is 3. The molecule has 4 heterocycles. The predicted octanol–water partition coefficient (Wildman–Crippen LogP) is 4.34. The number of unbranched alkanes of at least 4 members (excludes halogenated alkanes) is 1. The summed E-state index contributed by atoms with van der Waals surface area (Å²) in [7, 11) is 0. The Bertz CT molecular complexity index is 927. The number of amides is 2. The molecule has 0 N–H and O–H groups in total. The molecule has 0 aromatic carbocycles. The largest absolute Gasteiger partial charge is 0.299 e. The average Bonchev–Trinajstić information content (AvgIpc) is 3.15. The van der Waals surface area contributed by atoms with E-state index in [0.29, 0.717) is 19.4 Å². The Balaban J connectivity index is 1.25. The fourth-order valence-electron chi connectivity index (χ4n) is 4.35. The molecule has 1 fully saturated rings. The van der Waals surface area contributed by atoms with E-state index in [1.54, 1.807) is 11.3 Å². The Morgan fingerprint density at radius 2 is 1.86 bits per heavy atom. The number of carbonyl (C=O) groups is 2. The molecule has 0 atom stereocenters. The van der Waals surface area contributed by atoms with Crippen molar-refractivity contribution in [3.8, 4) is 0 Å². The molecule has 2 aliphatic rings. The van der Waals surface area contributed by atoms with Crippen LogP contribution in [0.1, 0.15) is 51.6 Å². The first-order valence-corrected chi connectivity index (χ1v) is 11.4. The summed E-state index contributed by atoms with van der Waals surface area (Å²) >= 11 is 1.76. The molecule has 154 valence electrons. The summed E-state index contributed by atoms with van der Waals surface area (Å²) in [6, 6.07) is 4.25. The molecule has 4 rings (SSSR count). The van der Waals surface area contributed by atoms with Gasteiger partial charge in [-0.3, -0.25) is 24.4 Å². The number of pyridine rings is 1. The molecule has 2 amide bonds. The third-order valence-corrected chi connectivity index (χ3v) is 6.83. The summed E-state index contributed by atoms with van der Waals surface area (Å²) in [6.07, 6.45) is 8.06. The minimum Gasteiger partial charge on any atom is -0.299 e. The molecule has 29 heavy (non-hydrogen) atoms. The number of likely N-dealkylation sites (tertiary alicyclic amines) is 1. The van der Waals surface area contributed by atoms with Crippen LogP contribution in [0.2, 0.25) is 0 Å². The Kier molecular flexibility index (Phi) is 5.83. The topological polar surface area (TPSA) is 53.5 Å². The van der Waals surface area contributed by atoms with Gasteiger partial charge in [0.1, 0.15) is 0 Å². The zero-order valence-corrected chi connectivity index (χ0v) is 18.1. The molecule has 6 heteroatoms. The van der Waals surface area contributed by atoms with Crippen molar-refractivity contribution in [1.82, 2.24) is 14.8 Å². The highest BCUT2D eigenvalue weighted by atomic mass is 32.1. The monoisotopic (exact) mass is 411 g/mol. The second kappa shape index (κ2) is 8.36. The van der Waals surface area contributed by atoms with E-state index in [1.165, 1.54) is 20.6 Å². The predicted molar refractivity (Wildman–Crippen MR) is 118 cm³/mol. The third-order valence-electron chi connectivity index (χ3n) is 5.94. The lowest BCUT2D eigenvalue weighted by Crippen LogP contribution is -2.46. The minimum atomic E-state index is -0.190. The van der Waals surface area contributed by atoms with Gasteiger partial charge in [-0.25, -0.2) is 0 Å². The van der Waals surface area contributed by atoms with Crippen LogP contribution in [0.3, 0.4) is 0 Å². The van der Waals surface area contributed by atoms with Crippen LogP contribution in [0.15, 0.2) is 29.8 Å². The summed E-state index contributed by atoms with van der Waals surface area (Å²) < 4.78 is 1.29. The third kappa shape index (κ3) is 4.59. The molecule has 0 bridgehead atoms. The number of imide groups is 1. The van der Waals surface area contributed by atoms with Crippen LogP contribution in [0.4, 0.5) is 0 Å². The molecule has 2 aromatic heterocycles. The van der Waals surface area contributed by atoms with Gasteiger partial charge in [0.25, 0.3) is 0 Å². The molecule has 0 radical (unpaired) electrons. The molecule has 5 nitrogen and oxygen atoms in total. The van der Waals surface area contributed by atoms with Gasteiger partial charge in [0.2, 0.25) is 11.8 Å². The van der Waals surface area contributed by atoms with E-state index in [1.807, 2.05) is 20.0 Å². The van der Waals surface area contributed by atoms with Gasteiger partial charge < -0.3 is 0 Å². The van der Waals surface area contributed by atoms with E-state index in [4.69, 9.17) is 0 Å². The van der Waals surface area contributed by atoms with E-state index in [2.05, 4.69) is 33.5 Å². The van der Waals surface area contributed by atoms with E-state index in [9.17, 15) is 9.59 Å². The summed E-state index contributed by atoms with van der Waals surface area (Å²) in [5, 5.41) is 3.39. The highest BCUT2D eigenvalue weighted by Crippen LogP contribution is 2.32. The molecule has 0 unspecified atom stereocenters. The molecule has 0 saturated carbocycles. The lowest BCUT2D eigenvalue weighted by Gasteiger charge is -2.34. The van der Waals surface area contributed by atoms with E-state index in [-0.39, 0.29) is 17.2 Å². The van der Waals surface area contributed by atoms with Crippen LogP contribution in [0, 0.1) is 5.41 Å². The van der Waals surface area contributed by atoms with Crippen molar-refractivity contribution in [1.29, 1.82) is 0 Å². The molecule has 0 spiro atoms. The number of thiophene rings is 1. The maximum atomic E-state index is 12.2. The van der Waals surface area contributed by atoms with Gasteiger partial charge in [0.05, 0.1) is 5.69 Å². The van der Waals surface area contributed by atoms with Crippen LogP contribution in [-0.4, -0.2) is 52.8 Å². The SMILES string of the molecule is CC1(C)CC(=O)N(CCCCN2CC=C(c3nccc4sccc34)CC2)C(=O)C1. The zero-order valence-electron chi connectivity index (χ0n) is 17.3. The fraction of sp³-hybridized carbons (Fsp3) is 0.522. The van der Waals surface area contributed by atoms with E-state index < -0.39 is 0 Å². The van der Waals surface area contributed by atoms with Crippen LogP contribution in [0.25, 0.3) is 15.7 Å².